The number of oxazole rings is 1. The van der Waals surface area contributed by atoms with Crippen molar-refractivity contribution in [3.63, 3.8) is 0 Å². The van der Waals surface area contributed by atoms with Crippen molar-refractivity contribution in [2.75, 3.05) is 6.54 Å². The maximum atomic E-state index is 12.3. The molecule has 1 unspecified atom stereocenters. The molecule has 1 aromatic carbocycles. The fourth-order valence-corrected chi connectivity index (χ4v) is 2.82. The number of amides is 1. The molecular weight excluding hydrogens is 320 g/mol. The second-order valence-corrected chi connectivity index (χ2v) is 5.85. The van der Waals surface area contributed by atoms with Gasteiger partial charge in [-0.1, -0.05) is 11.6 Å². The topological polar surface area (TPSA) is 83.6 Å². The average molecular weight is 335 g/mol. The largest absolute Gasteiger partial charge is 0.480 e. The molecule has 2 heterocycles. The summed E-state index contributed by atoms with van der Waals surface area (Å²) in [5, 5.41) is 9.75. The minimum atomic E-state index is -0.960. The van der Waals surface area contributed by atoms with E-state index in [1.54, 1.807) is 24.3 Å². The number of carboxylic acids is 1. The first-order chi connectivity index (χ1) is 11.0. The summed E-state index contributed by atoms with van der Waals surface area (Å²) in [4.78, 5) is 29.1. The number of benzene rings is 1. The van der Waals surface area contributed by atoms with Crippen LogP contribution < -0.4 is 0 Å². The molecule has 1 saturated heterocycles. The second kappa shape index (κ2) is 6.42. The van der Waals surface area contributed by atoms with Gasteiger partial charge in [0, 0.05) is 17.1 Å². The number of aromatic nitrogens is 1. The minimum Gasteiger partial charge on any atom is -0.480 e. The summed E-state index contributed by atoms with van der Waals surface area (Å²) in [6.07, 6.45) is 2.65. The van der Waals surface area contributed by atoms with E-state index in [1.807, 2.05) is 0 Å². The van der Waals surface area contributed by atoms with Gasteiger partial charge in [-0.25, -0.2) is 9.78 Å². The molecule has 1 aliphatic rings. The van der Waals surface area contributed by atoms with Crippen LogP contribution in [0.25, 0.3) is 11.5 Å². The number of carbonyl (C=O) groups is 2. The van der Waals surface area contributed by atoms with Gasteiger partial charge in [0.1, 0.15) is 12.3 Å². The number of hydrogen-bond donors (Lipinski definition) is 1. The van der Waals surface area contributed by atoms with Crippen LogP contribution in [0.1, 0.15) is 18.5 Å². The quantitative estimate of drug-likeness (QED) is 0.929. The Labute approximate surface area is 137 Å². The van der Waals surface area contributed by atoms with Crippen LogP contribution in [0.4, 0.5) is 0 Å². The fourth-order valence-electron chi connectivity index (χ4n) is 2.69. The summed E-state index contributed by atoms with van der Waals surface area (Å²) in [6.45, 7) is 0.470. The van der Waals surface area contributed by atoms with E-state index in [1.165, 1.54) is 11.2 Å². The molecule has 3 rings (SSSR count). The van der Waals surface area contributed by atoms with Gasteiger partial charge in [-0.3, -0.25) is 4.79 Å². The Morgan fingerprint density at radius 1 is 1.35 bits per heavy atom. The first kappa shape index (κ1) is 15.6. The van der Waals surface area contributed by atoms with Gasteiger partial charge in [-0.05, 0) is 37.1 Å². The second-order valence-electron chi connectivity index (χ2n) is 5.41. The molecule has 1 atom stereocenters. The lowest BCUT2D eigenvalue weighted by molar-refractivity contribution is -0.148. The van der Waals surface area contributed by atoms with E-state index in [0.29, 0.717) is 36.0 Å². The van der Waals surface area contributed by atoms with Gasteiger partial charge in [0.15, 0.2) is 0 Å². The summed E-state index contributed by atoms with van der Waals surface area (Å²) in [5.41, 5.74) is 1.24. The maximum Gasteiger partial charge on any atom is 0.326 e. The van der Waals surface area contributed by atoms with Crippen molar-refractivity contribution < 1.29 is 19.1 Å². The highest BCUT2D eigenvalue weighted by atomic mass is 35.5. The van der Waals surface area contributed by atoms with Crippen molar-refractivity contribution in [3.8, 4) is 11.5 Å². The summed E-state index contributed by atoms with van der Waals surface area (Å²) >= 11 is 5.84. The highest BCUT2D eigenvalue weighted by Crippen LogP contribution is 2.22. The molecule has 0 spiro atoms. The van der Waals surface area contributed by atoms with Gasteiger partial charge in [0.25, 0.3) is 0 Å². The minimum absolute atomic E-state index is 0.0286. The zero-order valence-electron chi connectivity index (χ0n) is 12.2. The Hall–Kier alpha value is -2.34. The van der Waals surface area contributed by atoms with Crippen molar-refractivity contribution in [2.24, 2.45) is 0 Å². The average Bonchev–Trinajstić information content (AvgIpc) is 3.16. The monoisotopic (exact) mass is 334 g/mol. The van der Waals surface area contributed by atoms with E-state index in [-0.39, 0.29) is 12.3 Å². The third-order valence-corrected chi connectivity index (χ3v) is 4.09. The number of rotatable bonds is 4. The first-order valence-electron chi connectivity index (χ1n) is 7.27. The van der Waals surface area contributed by atoms with E-state index in [0.717, 1.165) is 5.56 Å². The van der Waals surface area contributed by atoms with Crippen molar-refractivity contribution >= 4 is 23.5 Å². The molecule has 1 fully saturated rings. The predicted molar refractivity (Wildman–Crippen MR) is 83.0 cm³/mol. The van der Waals surface area contributed by atoms with Crippen molar-refractivity contribution in [3.05, 3.63) is 41.2 Å². The summed E-state index contributed by atoms with van der Waals surface area (Å²) < 4.78 is 5.39. The number of likely N-dealkylation sites (tertiary alicyclic amines) is 1. The van der Waals surface area contributed by atoms with Crippen LogP contribution in [0.2, 0.25) is 5.02 Å². The molecule has 120 valence electrons. The van der Waals surface area contributed by atoms with Crippen LogP contribution in [0.5, 0.6) is 0 Å². The molecule has 23 heavy (non-hydrogen) atoms. The molecule has 6 nitrogen and oxygen atoms in total. The van der Waals surface area contributed by atoms with Gasteiger partial charge in [-0.15, -0.1) is 0 Å². The molecule has 7 heteroatoms. The van der Waals surface area contributed by atoms with Crippen LogP contribution in [0.3, 0.4) is 0 Å². The highest BCUT2D eigenvalue weighted by molar-refractivity contribution is 6.30. The summed E-state index contributed by atoms with van der Waals surface area (Å²) in [6, 6.07) is 6.29. The van der Waals surface area contributed by atoms with E-state index in [4.69, 9.17) is 21.1 Å². The third-order valence-electron chi connectivity index (χ3n) is 3.83. The molecule has 0 aliphatic carbocycles. The fraction of sp³-hybridized carbons (Fsp3) is 0.312. The van der Waals surface area contributed by atoms with Gasteiger partial charge in [0.2, 0.25) is 11.8 Å². The van der Waals surface area contributed by atoms with Gasteiger partial charge < -0.3 is 14.4 Å². The lowest BCUT2D eigenvalue weighted by Crippen LogP contribution is -2.41. The third kappa shape index (κ3) is 3.37. The van der Waals surface area contributed by atoms with Crippen LogP contribution in [-0.4, -0.2) is 39.5 Å². The lowest BCUT2D eigenvalue weighted by atomic mass is 10.2. The molecule has 1 aromatic heterocycles. The van der Waals surface area contributed by atoms with E-state index in [9.17, 15) is 9.59 Å². The van der Waals surface area contributed by atoms with Crippen LogP contribution in [0, 0.1) is 0 Å². The Balaban J connectivity index is 1.70. The Bertz CT molecular complexity index is 726. The highest BCUT2D eigenvalue weighted by Gasteiger charge is 2.34. The number of hydrogen-bond acceptors (Lipinski definition) is 4. The van der Waals surface area contributed by atoms with Crippen LogP contribution in [0.15, 0.2) is 34.9 Å². The van der Waals surface area contributed by atoms with E-state index in [2.05, 4.69) is 4.98 Å². The van der Waals surface area contributed by atoms with E-state index >= 15 is 0 Å². The first-order valence-corrected chi connectivity index (χ1v) is 7.65. The number of halogens is 1. The van der Waals surface area contributed by atoms with Gasteiger partial charge in [-0.2, -0.15) is 0 Å². The standard InChI is InChI=1S/C16H15ClN2O4/c17-11-5-3-10(4-6-11)15-18-12(9-23-15)8-14(20)19-7-1-2-13(19)16(21)22/h3-6,9,13H,1-2,7-8H2,(H,21,22). The summed E-state index contributed by atoms with van der Waals surface area (Å²) in [5.74, 6) is -0.801. The van der Waals surface area contributed by atoms with E-state index < -0.39 is 12.0 Å². The lowest BCUT2D eigenvalue weighted by Gasteiger charge is -2.20. The van der Waals surface area contributed by atoms with Gasteiger partial charge >= 0.3 is 5.97 Å². The Morgan fingerprint density at radius 2 is 2.09 bits per heavy atom. The van der Waals surface area contributed by atoms with Crippen molar-refractivity contribution in [1.29, 1.82) is 0 Å². The molecule has 0 saturated carbocycles. The van der Waals surface area contributed by atoms with Gasteiger partial charge in [0.05, 0.1) is 12.1 Å². The molecule has 0 radical (unpaired) electrons. The Morgan fingerprint density at radius 3 is 2.78 bits per heavy atom. The smallest absolute Gasteiger partial charge is 0.326 e. The molecule has 1 aliphatic heterocycles. The number of nitrogens with zero attached hydrogens (tertiary/aromatic N) is 2. The number of carbonyl (C=O) groups excluding carboxylic acids is 1. The predicted octanol–water partition coefficient (Wildman–Crippen LogP) is 2.61. The normalized spacial score (nSPS) is 17.4. The molecular formula is C16H15ClN2O4. The van der Waals surface area contributed by atoms with Crippen molar-refractivity contribution in [2.45, 2.75) is 25.3 Å². The maximum absolute atomic E-state index is 12.3. The SMILES string of the molecule is O=C(O)C1CCCN1C(=O)Cc1coc(-c2ccc(Cl)cc2)n1. The zero-order chi connectivity index (χ0) is 16.4. The number of aliphatic carboxylic acids is 1. The Kier molecular flexibility index (Phi) is 4.34. The molecule has 1 N–H and O–H groups in total. The number of carboxylic acid groups (broad SMARTS) is 1. The zero-order valence-corrected chi connectivity index (χ0v) is 13.0. The van der Waals surface area contributed by atoms with Crippen molar-refractivity contribution in [1.82, 2.24) is 9.88 Å². The van der Waals surface area contributed by atoms with Crippen LogP contribution in [-0.2, 0) is 16.0 Å². The summed E-state index contributed by atoms with van der Waals surface area (Å²) in [7, 11) is 0. The molecule has 2 aromatic rings. The molecule has 1 amide bonds. The van der Waals surface area contributed by atoms with Crippen LogP contribution >= 0.6 is 11.6 Å². The molecule has 0 bridgehead atoms.